The smallest absolute Gasteiger partial charge is 0.232 e. The fraction of sp³-hybridized carbons (Fsp3) is 0.278. The molecule has 0 radical (unpaired) electrons. The topological polar surface area (TPSA) is 46.2 Å². The van der Waals surface area contributed by atoms with Gasteiger partial charge in [-0.2, -0.15) is 0 Å². The minimum absolute atomic E-state index is 0.0582. The highest BCUT2D eigenvalue weighted by atomic mass is 32.2. The molecule has 0 aliphatic rings. The molecule has 0 heterocycles. The average Bonchev–Trinajstić information content (AvgIpc) is 2.50. The lowest BCUT2D eigenvalue weighted by atomic mass is 10.1. The summed E-state index contributed by atoms with van der Waals surface area (Å²) in [5.74, 6) is 0.331. The van der Waals surface area contributed by atoms with Gasteiger partial charge in [-0.1, -0.05) is 54.6 Å². The van der Waals surface area contributed by atoms with Gasteiger partial charge in [0.05, 0.1) is 0 Å². The molecule has 2 aromatic carbocycles. The first-order valence-corrected chi connectivity index (χ1v) is 8.84. The molecule has 0 aromatic heterocycles. The van der Waals surface area contributed by atoms with Crippen LogP contribution in [0, 0.1) is 6.92 Å². The summed E-state index contributed by atoms with van der Waals surface area (Å²) >= 11 is 0. The molecule has 0 saturated heterocycles. The third-order valence-corrected chi connectivity index (χ3v) is 4.68. The molecule has 1 N–H and O–H groups in total. The largest absolute Gasteiger partial charge is 0.355 e. The Labute approximate surface area is 134 Å². The maximum atomic E-state index is 12.0. The fourth-order valence-corrected chi connectivity index (χ4v) is 3.30. The van der Waals surface area contributed by atoms with Crippen LogP contribution in [0.1, 0.15) is 16.7 Å². The fourth-order valence-electron chi connectivity index (χ4n) is 2.24. The van der Waals surface area contributed by atoms with Crippen LogP contribution in [0.3, 0.4) is 0 Å². The second kappa shape index (κ2) is 8.49. The minimum atomic E-state index is -1.17. The summed E-state index contributed by atoms with van der Waals surface area (Å²) < 4.78 is 12.0. The molecule has 3 nitrogen and oxygen atoms in total. The van der Waals surface area contributed by atoms with Crippen LogP contribution in [0.4, 0.5) is 0 Å². The monoisotopic (exact) mass is 315 g/mol. The zero-order valence-electron chi connectivity index (χ0n) is 12.7. The van der Waals surface area contributed by atoms with Crippen molar-refractivity contribution in [2.45, 2.75) is 19.1 Å². The van der Waals surface area contributed by atoms with Crippen molar-refractivity contribution in [3.05, 3.63) is 71.3 Å². The van der Waals surface area contributed by atoms with E-state index < -0.39 is 10.8 Å². The van der Waals surface area contributed by atoms with E-state index >= 15 is 0 Å². The highest BCUT2D eigenvalue weighted by Crippen LogP contribution is 2.07. The summed E-state index contributed by atoms with van der Waals surface area (Å²) in [6.45, 7) is 2.64. The number of amides is 1. The molecule has 0 spiro atoms. The number of benzene rings is 2. The van der Waals surface area contributed by atoms with Gasteiger partial charge < -0.3 is 5.32 Å². The predicted octanol–water partition coefficient (Wildman–Crippen LogP) is 2.60. The molecule has 0 aliphatic carbocycles. The molecule has 4 heteroatoms. The number of hydrogen-bond acceptors (Lipinski definition) is 2. The Morgan fingerprint density at radius 2 is 1.73 bits per heavy atom. The Morgan fingerprint density at radius 3 is 2.45 bits per heavy atom. The van der Waals surface area contributed by atoms with Crippen molar-refractivity contribution >= 4 is 16.7 Å². The van der Waals surface area contributed by atoms with Crippen molar-refractivity contribution in [3.63, 3.8) is 0 Å². The first-order valence-electron chi connectivity index (χ1n) is 7.35. The highest BCUT2D eigenvalue weighted by molar-refractivity contribution is 7.84. The Kier molecular flexibility index (Phi) is 6.34. The standard InChI is InChI=1S/C18H21NO2S/c1-15-7-5-6-10-17(15)11-12-19-18(20)14-22(21)13-16-8-3-2-4-9-16/h2-10H,11-14H2,1H3,(H,19,20)/t22-/m0/s1. The maximum Gasteiger partial charge on any atom is 0.232 e. The van der Waals surface area contributed by atoms with E-state index in [9.17, 15) is 9.00 Å². The van der Waals surface area contributed by atoms with Crippen LogP contribution in [-0.2, 0) is 27.8 Å². The molecular weight excluding hydrogens is 294 g/mol. The first kappa shape index (κ1) is 16.4. The van der Waals surface area contributed by atoms with Gasteiger partial charge in [-0.25, -0.2) is 0 Å². The van der Waals surface area contributed by atoms with Crippen LogP contribution >= 0.6 is 0 Å². The minimum Gasteiger partial charge on any atom is -0.355 e. The molecule has 116 valence electrons. The van der Waals surface area contributed by atoms with Crippen LogP contribution in [0.25, 0.3) is 0 Å². The molecule has 2 aromatic rings. The third-order valence-electron chi connectivity index (χ3n) is 3.44. The van der Waals surface area contributed by atoms with E-state index in [1.54, 1.807) is 0 Å². The van der Waals surface area contributed by atoms with Gasteiger partial charge in [0.25, 0.3) is 0 Å². The Morgan fingerprint density at radius 1 is 1.05 bits per heavy atom. The summed E-state index contributed by atoms with van der Waals surface area (Å²) in [5, 5.41) is 2.84. The van der Waals surface area contributed by atoms with Crippen LogP contribution in [-0.4, -0.2) is 22.4 Å². The van der Waals surface area contributed by atoms with E-state index in [1.165, 1.54) is 11.1 Å². The second-order valence-corrected chi connectivity index (χ2v) is 6.70. The molecule has 0 unspecified atom stereocenters. The zero-order chi connectivity index (χ0) is 15.8. The molecule has 0 aliphatic heterocycles. The van der Waals surface area contributed by atoms with Crippen molar-refractivity contribution in [3.8, 4) is 0 Å². The third kappa shape index (κ3) is 5.45. The summed E-state index contributed by atoms with van der Waals surface area (Å²) in [4.78, 5) is 11.8. The summed E-state index contributed by atoms with van der Waals surface area (Å²) in [7, 11) is -1.17. The number of carbonyl (C=O) groups is 1. The summed E-state index contributed by atoms with van der Waals surface area (Å²) in [5.41, 5.74) is 3.45. The van der Waals surface area contributed by atoms with Gasteiger partial charge in [-0.15, -0.1) is 0 Å². The van der Waals surface area contributed by atoms with Gasteiger partial charge in [0.1, 0.15) is 5.75 Å². The zero-order valence-corrected chi connectivity index (χ0v) is 13.6. The van der Waals surface area contributed by atoms with Crippen molar-refractivity contribution < 1.29 is 9.00 Å². The number of nitrogens with one attached hydrogen (secondary N) is 1. The van der Waals surface area contributed by atoms with Crippen LogP contribution < -0.4 is 5.32 Å². The van der Waals surface area contributed by atoms with Gasteiger partial charge in [0.2, 0.25) is 5.91 Å². The van der Waals surface area contributed by atoms with Gasteiger partial charge in [0.15, 0.2) is 0 Å². The molecule has 2 rings (SSSR count). The SMILES string of the molecule is Cc1ccccc1CCNC(=O)C[S@@](=O)Cc1ccccc1. The predicted molar refractivity (Wildman–Crippen MR) is 91.0 cm³/mol. The van der Waals surface area contributed by atoms with E-state index in [0.717, 1.165) is 12.0 Å². The summed E-state index contributed by atoms with van der Waals surface area (Å²) in [6, 6.07) is 17.7. The van der Waals surface area contributed by atoms with Crippen LogP contribution in [0.2, 0.25) is 0 Å². The van der Waals surface area contributed by atoms with Crippen LogP contribution in [0.15, 0.2) is 54.6 Å². The normalized spacial score (nSPS) is 11.9. The lowest BCUT2D eigenvalue weighted by Gasteiger charge is -2.07. The Balaban J connectivity index is 1.72. The quantitative estimate of drug-likeness (QED) is 0.853. The molecular formula is C18H21NO2S. The van der Waals surface area contributed by atoms with Gasteiger partial charge in [-0.05, 0) is 30.0 Å². The van der Waals surface area contributed by atoms with Gasteiger partial charge in [0, 0.05) is 23.1 Å². The lowest BCUT2D eigenvalue weighted by molar-refractivity contribution is -0.118. The molecule has 1 amide bonds. The van der Waals surface area contributed by atoms with Gasteiger partial charge in [-0.3, -0.25) is 9.00 Å². The second-order valence-electron chi connectivity index (χ2n) is 5.24. The maximum absolute atomic E-state index is 12.0. The molecule has 1 atom stereocenters. The van der Waals surface area contributed by atoms with Crippen molar-refractivity contribution in [1.29, 1.82) is 0 Å². The Hall–Kier alpha value is -1.94. The first-order chi connectivity index (χ1) is 10.6. The average molecular weight is 315 g/mol. The van der Waals surface area contributed by atoms with E-state index in [1.807, 2.05) is 42.5 Å². The van der Waals surface area contributed by atoms with Crippen molar-refractivity contribution in [2.75, 3.05) is 12.3 Å². The molecule has 0 bridgehead atoms. The van der Waals surface area contributed by atoms with E-state index in [0.29, 0.717) is 12.3 Å². The van der Waals surface area contributed by atoms with Crippen molar-refractivity contribution in [1.82, 2.24) is 5.32 Å². The van der Waals surface area contributed by atoms with E-state index in [-0.39, 0.29) is 11.7 Å². The Bertz CT molecular complexity index is 641. The van der Waals surface area contributed by atoms with Gasteiger partial charge >= 0.3 is 0 Å². The van der Waals surface area contributed by atoms with Crippen molar-refractivity contribution in [2.24, 2.45) is 0 Å². The highest BCUT2D eigenvalue weighted by Gasteiger charge is 2.08. The summed E-state index contributed by atoms with van der Waals surface area (Å²) in [6.07, 6.45) is 0.795. The molecule has 22 heavy (non-hydrogen) atoms. The molecule has 0 fully saturated rings. The van der Waals surface area contributed by atoms with E-state index in [4.69, 9.17) is 0 Å². The number of aryl methyl sites for hydroxylation is 1. The lowest BCUT2D eigenvalue weighted by Crippen LogP contribution is -2.30. The number of hydrogen-bond donors (Lipinski definition) is 1. The van der Waals surface area contributed by atoms with Crippen LogP contribution in [0.5, 0.6) is 0 Å². The number of carbonyl (C=O) groups excluding carboxylic acids is 1. The van der Waals surface area contributed by atoms with E-state index in [2.05, 4.69) is 24.4 Å². The number of rotatable bonds is 7. The molecule has 0 saturated carbocycles.